The minimum Gasteiger partial charge on any atom is -0.483 e. The molecule has 0 saturated heterocycles. The average molecular weight is 434 g/mol. The van der Waals surface area contributed by atoms with Gasteiger partial charge in [-0.1, -0.05) is 30.3 Å². The van der Waals surface area contributed by atoms with Crippen molar-refractivity contribution in [3.63, 3.8) is 0 Å². The maximum atomic E-state index is 12.1. The summed E-state index contributed by atoms with van der Waals surface area (Å²) in [4.78, 5) is 24.1. The van der Waals surface area contributed by atoms with Crippen LogP contribution >= 0.6 is 0 Å². The minimum absolute atomic E-state index is 0.147. The van der Waals surface area contributed by atoms with Crippen molar-refractivity contribution in [2.75, 3.05) is 6.61 Å². The average Bonchev–Trinajstić information content (AvgIpc) is 3.22. The summed E-state index contributed by atoms with van der Waals surface area (Å²) < 4.78 is 16.6. The van der Waals surface area contributed by atoms with Gasteiger partial charge in [-0.15, -0.1) is 0 Å². The Morgan fingerprint density at radius 3 is 2.50 bits per heavy atom. The summed E-state index contributed by atoms with van der Waals surface area (Å²) in [5, 5.41) is 3.91. The molecule has 0 bridgehead atoms. The summed E-state index contributed by atoms with van der Waals surface area (Å²) in [5.41, 5.74) is 5.52. The largest absolute Gasteiger partial charge is 0.483 e. The molecule has 166 valence electrons. The lowest BCUT2D eigenvalue weighted by molar-refractivity contribution is -0.123. The van der Waals surface area contributed by atoms with Crippen LogP contribution in [-0.4, -0.2) is 30.8 Å². The van der Waals surface area contributed by atoms with E-state index in [2.05, 4.69) is 10.5 Å². The molecule has 3 rings (SSSR count). The van der Waals surface area contributed by atoms with E-state index >= 15 is 0 Å². The van der Waals surface area contributed by atoms with Crippen molar-refractivity contribution in [3.8, 4) is 17.1 Å². The Kier molecular flexibility index (Phi) is 7.44. The Hall–Kier alpha value is -3.87. The molecule has 1 amide bonds. The molecule has 1 aromatic heterocycles. The van der Waals surface area contributed by atoms with Crippen LogP contribution in [0.15, 0.2) is 64.1 Å². The second-order valence-corrected chi connectivity index (χ2v) is 7.54. The van der Waals surface area contributed by atoms with Crippen molar-refractivity contribution >= 4 is 18.1 Å². The predicted molar refractivity (Wildman–Crippen MR) is 122 cm³/mol. The van der Waals surface area contributed by atoms with Crippen LogP contribution in [0.1, 0.15) is 41.1 Å². The van der Waals surface area contributed by atoms with E-state index in [0.717, 1.165) is 16.7 Å². The van der Waals surface area contributed by atoms with Crippen molar-refractivity contribution < 1.29 is 23.5 Å². The van der Waals surface area contributed by atoms with Crippen molar-refractivity contribution in [2.45, 2.75) is 33.8 Å². The summed E-state index contributed by atoms with van der Waals surface area (Å²) in [6, 6.07) is 16.3. The quantitative estimate of drug-likeness (QED) is 0.316. The number of hydrogen-bond acceptors (Lipinski definition) is 6. The normalized spacial score (nSPS) is 11.0. The molecule has 0 aliphatic rings. The van der Waals surface area contributed by atoms with Gasteiger partial charge in [-0.25, -0.2) is 10.2 Å². The van der Waals surface area contributed by atoms with Gasteiger partial charge in [0.2, 0.25) is 0 Å². The number of ether oxygens (including phenoxy) is 2. The number of amides is 1. The van der Waals surface area contributed by atoms with E-state index in [0.29, 0.717) is 22.8 Å². The van der Waals surface area contributed by atoms with E-state index in [1.54, 1.807) is 44.2 Å². The van der Waals surface area contributed by atoms with Gasteiger partial charge in [0.1, 0.15) is 17.3 Å². The molecule has 0 saturated carbocycles. The number of carbonyl (C=O) groups excluding carboxylic acids is 2. The highest BCUT2D eigenvalue weighted by Crippen LogP contribution is 2.23. The molecule has 32 heavy (non-hydrogen) atoms. The zero-order valence-corrected chi connectivity index (χ0v) is 18.5. The number of para-hydroxylation sites is 1. The number of nitrogens with zero attached hydrogens (tertiary/aromatic N) is 1. The number of hydrogen-bond donors (Lipinski definition) is 1. The predicted octanol–water partition coefficient (Wildman–Crippen LogP) is 4.66. The SMILES string of the molecule is Cc1cccc(C)c1OCC(=O)N/N=C\c1ccc(-c2cccc(C(=O)OC(C)C)c2)o1. The van der Waals surface area contributed by atoms with Gasteiger partial charge in [-0.2, -0.15) is 5.10 Å². The molecular weight excluding hydrogens is 408 g/mol. The van der Waals surface area contributed by atoms with Crippen molar-refractivity contribution in [1.82, 2.24) is 5.43 Å². The Balaban J connectivity index is 1.57. The van der Waals surface area contributed by atoms with Gasteiger partial charge < -0.3 is 13.9 Å². The first-order chi connectivity index (χ1) is 15.3. The van der Waals surface area contributed by atoms with E-state index in [-0.39, 0.29) is 24.6 Å². The van der Waals surface area contributed by atoms with Gasteiger partial charge in [0.05, 0.1) is 17.9 Å². The first kappa shape index (κ1) is 22.8. The maximum absolute atomic E-state index is 12.1. The fraction of sp³-hybridized carbons (Fsp3) is 0.240. The second-order valence-electron chi connectivity index (χ2n) is 7.54. The molecule has 7 heteroatoms. The highest BCUT2D eigenvalue weighted by molar-refractivity contribution is 5.91. The van der Waals surface area contributed by atoms with Crippen LogP contribution < -0.4 is 10.2 Å². The van der Waals surface area contributed by atoms with E-state index in [1.807, 2.05) is 38.1 Å². The highest BCUT2D eigenvalue weighted by Gasteiger charge is 2.12. The second kappa shape index (κ2) is 10.4. The molecule has 1 N–H and O–H groups in total. The molecule has 0 fully saturated rings. The van der Waals surface area contributed by atoms with E-state index < -0.39 is 0 Å². The molecule has 0 atom stereocenters. The molecule has 3 aromatic rings. The number of aryl methyl sites for hydroxylation is 2. The summed E-state index contributed by atoms with van der Waals surface area (Å²) in [6.07, 6.45) is 1.20. The fourth-order valence-corrected chi connectivity index (χ4v) is 3.02. The number of rotatable bonds is 8. The van der Waals surface area contributed by atoms with Gasteiger partial charge in [0, 0.05) is 5.56 Å². The molecule has 0 spiro atoms. The molecular formula is C25H26N2O5. The molecule has 2 aromatic carbocycles. The molecule has 0 radical (unpaired) electrons. The van der Waals surface area contributed by atoms with Crippen LogP contribution in [0.5, 0.6) is 5.75 Å². The Bertz CT molecular complexity index is 1110. The van der Waals surface area contributed by atoms with E-state index in [4.69, 9.17) is 13.9 Å². The van der Waals surface area contributed by atoms with Crippen molar-refractivity contribution in [1.29, 1.82) is 0 Å². The number of benzene rings is 2. The first-order valence-corrected chi connectivity index (χ1v) is 10.3. The van der Waals surface area contributed by atoms with Gasteiger partial charge in [-0.05, 0) is 63.1 Å². The standard InChI is InChI=1S/C25H26N2O5/c1-16(2)31-25(29)20-10-6-9-19(13-20)22-12-11-21(32-22)14-26-27-23(28)15-30-24-17(3)7-5-8-18(24)4/h5-14,16H,15H2,1-4H3,(H,27,28)/b26-14-. The van der Waals surface area contributed by atoms with Gasteiger partial charge >= 0.3 is 5.97 Å². The molecule has 7 nitrogen and oxygen atoms in total. The van der Waals surface area contributed by atoms with E-state index in [9.17, 15) is 9.59 Å². The first-order valence-electron chi connectivity index (χ1n) is 10.3. The molecule has 0 aliphatic carbocycles. The Morgan fingerprint density at radius 2 is 1.78 bits per heavy atom. The van der Waals surface area contributed by atoms with Crippen LogP contribution in [0.4, 0.5) is 0 Å². The summed E-state index contributed by atoms with van der Waals surface area (Å²) in [5.74, 6) is 0.941. The smallest absolute Gasteiger partial charge is 0.338 e. The van der Waals surface area contributed by atoms with Gasteiger partial charge in [0.25, 0.3) is 5.91 Å². The number of nitrogens with one attached hydrogen (secondary N) is 1. The fourth-order valence-electron chi connectivity index (χ4n) is 3.02. The van der Waals surface area contributed by atoms with Crippen LogP contribution in [0.3, 0.4) is 0 Å². The van der Waals surface area contributed by atoms with Crippen LogP contribution in [0.2, 0.25) is 0 Å². The topological polar surface area (TPSA) is 90.1 Å². The van der Waals surface area contributed by atoms with Crippen molar-refractivity contribution in [2.24, 2.45) is 5.10 Å². The number of hydrazone groups is 1. The molecule has 0 aliphatic heterocycles. The summed E-state index contributed by atoms with van der Waals surface area (Å²) >= 11 is 0. The Morgan fingerprint density at radius 1 is 1.06 bits per heavy atom. The summed E-state index contributed by atoms with van der Waals surface area (Å²) in [7, 11) is 0. The lowest BCUT2D eigenvalue weighted by atomic mass is 10.1. The van der Waals surface area contributed by atoms with Crippen molar-refractivity contribution in [3.05, 3.63) is 77.0 Å². The zero-order valence-electron chi connectivity index (χ0n) is 18.5. The lowest BCUT2D eigenvalue weighted by Gasteiger charge is -2.10. The number of furan rings is 1. The third kappa shape index (κ3) is 6.07. The molecule has 1 heterocycles. The van der Waals surface area contributed by atoms with Gasteiger partial charge in [0.15, 0.2) is 6.61 Å². The van der Waals surface area contributed by atoms with Crippen LogP contribution in [0, 0.1) is 13.8 Å². The third-order valence-electron chi connectivity index (χ3n) is 4.49. The van der Waals surface area contributed by atoms with Gasteiger partial charge in [-0.3, -0.25) is 4.79 Å². The number of carbonyl (C=O) groups is 2. The summed E-state index contributed by atoms with van der Waals surface area (Å²) in [6.45, 7) is 7.31. The molecule has 0 unspecified atom stereocenters. The van der Waals surface area contributed by atoms with Crippen LogP contribution in [0.25, 0.3) is 11.3 Å². The number of esters is 1. The monoisotopic (exact) mass is 434 g/mol. The Labute approximate surface area is 187 Å². The minimum atomic E-state index is -0.388. The third-order valence-corrected chi connectivity index (χ3v) is 4.49. The van der Waals surface area contributed by atoms with E-state index in [1.165, 1.54) is 6.21 Å². The van der Waals surface area contributed by atoms with Crippen LogP contribution in [-0.2, 0) is 9.53 Å². The highest BCUT2D eigenvalue weighted by atomic mass is 16.5. The zero-order chi connectivity index (χ0) is 23.1. The lowest BCUT2D eigenvalue weighted by Crippen LogP contribution is -2.24. The maximum Gasteiger partial charge on any atom is 0.338 e.